The van der Waals surface area contributed by atoms with E-state index < -0.39 is 11.6 Å². The third-order valence-electron chi connectivity index (χ3n) is 4.57. The minimum Gasteiger partial charge on any atom is -0.491 e. The molecule has 0 saturated carbocycles. The smallest absolute Gasteiger partial charge is 0.222 e. The summed E-state index contributed by atoms with van der Waals surface area (Å²) in [5, 5.41) is 0. The van der Waals surface area contributed by atoms with Gasteiger partial charge in [0.2, 0.25) is 5.90 Å². The molecule has 5 heteroatoms. The van der Waals surface area contributed by atoms with Crippen LogP contribution in [0.3, 0.4) is 0 Å². The minimum atomic E-state index is -0.688. The molecule has 1 unspecified atom stereocenters. The van der Waals surface area contributed by atoms with Crippen LogP contribution in [0.2, 0.25) is 0 Å². The Morgan fingerprint density at radius 3 is 2.18 bits per heavy atom. The van der Waals surface area contributed by atoms with Crippen LogP contribution in [-0.2, 0) is 4.74 Å². The van der Waals surface area contributed by atoms with Crippen molar-refractivity contribution in [3.05, 3.63) is 89.5 Å². The van der Waals surface area contributed by atoms with Gasteiger partial charge in [-0.1, -0.05) is 48.0 Å². The molecule has 1 aliphatic heterocycles. The number of aryl methyl sites for hydroxylation is 1. The van der Waals surface area contributed by atoms with Gasteiger partial charge in [0, 0.05) is 0 Å². The number of hydrogen-bond acceptors (Lipinski definition) is 3. The number of nitrogens with zero attached hydrogens (tertiary/aromatic N) is 1. The van der Waals surface area contributed by atoms with Crippen molar-refractivity contribution in [3.63, 3.8) is 0 Å². The molecule has 0 saturated heterocycles. The van der Waals surface area contributed by atoms with Gasteiger partial charge in [0.15, 0.2) is 0 Å². The van der Waals surface area contributed by atoms with E-state index >= 15 is 0 Å². The van der Waals surface area contributed by atoms with Crippen molar-refractivity contribution >= 4 is 5.90 Å². The molecule has 1 atom stereocenters. The Labute approximate surface area is 162 Å². The van der Waals surface area contributed by atoms with E-state index in [4.69, 9.17) is 9.47 Å². The molecule has 0 aliphatic carbocycles. The van der Waals surface area contributed by atoms with Gasteiger partial charge in [-0.15, -0.1) is 0 Å². The van der Waals surface area contributed by atoms with Crippen molar-refractivity contribution in [2.45, 2.75) is 13.0 Å². The summed E-state index contributed by atoms with van der Waals surface area (Å²) in [7, 11) is 0. The monoisotopic (exact) mass is 379 g/mol. The molecule has 3 aromatic carbocycles. The van der Waals surface area contributed by atoms with Gasteiger partial charge in [-0.05, 0) is 42.3 Å². The lowest BCUT2D eigenvalue weighted by atomic mass is 10.0. The lowest BCUT2D eigenvalue weighted by Gasteiger charge is -2.09. The van der Waals surface area contributed by atoms with Crippen LogP contribution < -0.4 is 4.74 Å². The number of benzene rings is 3. The summed E-state index contributed by atoms with van der Waals surface area (Å²) < 4.78 is 38.8. The van der Waals surface area contributed by atoms with Crippen molar-refractivity contribution in [1.82, 2.24) is 0 Å². The highest BCUT2D eigenvalue weighted by Crippen LogP contribution is 2.24. The number of aliphatic imine (C=N–C) groups is 1. The Hall–Kier alpha value is -3.21. The second kappa shape index (κ2) is 7.80. The zero-order valence-electron chi connectivity index (χ0n) is 15.4. The Morgan fingerprint density at radius 1 is 0.929 bits per heavy atom. The fraction of sp³-hybridized carbons (Fsp3) is 0.174. The molecule has 0 N–H and O–H groups in total. The summed E-state index contributed by atoms with van der Waals surface area (Å²) in [5.41, 5.74) is 3.24. The van der Waals surface area contributed by atoms with Crippen molar-refractivity contribution in [2.75, 3.05) is 13.2 Å². The Bertz CT molecular complexity index is 978. The van der Waals surface area contributed by atoms with Gasteiger partial charge in [0.25, 0.3) is 0 Å². The topological polar surface area (TPSA) is 30.8 Å². The molecule has 0 spiro atoms. The quantitative estimate of drug-likeness (QED) is 0.613. The summed E-state index contributed by atoms with van der Waals surface area (Å²) in [5.74, 6) is -0.686. The largest absolute Gasteiger partial charge is 0.491 e. The van der Waals surface area contributed by atoms with Crippen LogP contribution in [0.1, 0.15) is 11.1 Å². The molecular weight excluding hydrogens is 360 g/mol. The van der Waals surface area contributed by atoms with Gasteiger partial charge in [-0.3, -0.25) is 0 Å². The Morgan fingerprint density at radius 2 is 1.54 bits per heavy atom. The first-order chi connectivity index (χ1) is 13.6. The van der Waals surface area contributed by atoms with E-state index in [1.165, 1.54) is 23.8 Å². The normalized spacial score (nSPS) is 15.8. The third-order valence-corrected chi connectivity index (χ3v) is 4.57. The second-order valence-electron chi connectivity index (χ2n) is 6.70. The van der Waals surface area contributed by atoms with Gasteiger partial charge in [0.1, 0.15) is 42.2 Å². The highest BCUT2D eigenvalue weighted by molar-refractivity contribution is 5.95. The fourth-order valence-electron chi connectivity index (χ4n) is 3.02. The maximum absolute atomic E-state index is 13.8. The average molecular weight is 379 g/mol. The first kappa shape index (κ1) is 18.2. The molecule has 0 fully saturated rings. The number of halogens is 2. The standard InChI is InChI=1S/C23H19F2NO2/c1-15-5-7-16(8-6-15)17-9-11-19(12-10-17)27-13-18-14-28-23(26-18)22-20(24)3-2-4-21(22)25/h2-12,18H,13-14H2,1H3. The van der Waals surface area contributed by atoms with Gasteiger partial charge in [-0.2, -0.15) is 0 Å². The summed E-state index contributed by atoms with van der Waals surface area (Å²) in [6.07, 6.45) is 0. The summed E-state index contributed by atoms with van der Waals surface area (Å²) >= 11 is 0. The molecule has 3 nitrogen and oxygen atoms in total. The number of hydrogen-bond donors (Lipinski definition) is 0. The van der Waals surface area contributed by atoms with Crippen molar-refractivity contribution in [2.24, 2.45) is 4.99 Å². The van der Waals surface area contributed by atoms with Crippen molar-refractivity contribution in [3.8, 4) is 16.9 Å². The lowest BCUT2D eigenvalue weighted by molar-refractivity contribution is 0.242. The molecule has 3 aromatic rings. The van der Waals surface area contributed by atoms with E-state index in [1.807, 2.05) is 24.3 Å². The van der Waals surface area contributed by atoms with Crippen molar-refractivity contribution < 1.29 is 18.3 Å². The van der Waals surface area contributed by atoms with Gasteiger partial charge in [-0.25, -0.2) is 13.8 Å². The van der Waals surface area contributed by atoms with E-state index in [2.05, 4.69) is 36.2 Å². The van der Waals surface area contributed by atoms with Crippen LogP contribution in [0.5, 0.6) is 5.75 Å². The van der Waals surface area contributed by atoms with Gasteiger partial charge in [0.05, 0.1) is 0 Å². The SMILES string of the molecule is Cc1ccc(-c2ccc(OCC3COC(c4c(F)cccc4F)=N3)cc2)cc1. The molecule has 0 bridgehead atoms. The Kier molecular flexibility index (Phi) is 5.06. The van der Waals surface area contributed by atoms with E-state index in [9.17, 15) is 8.78 Å². The van der Waals surface area contributed by atoms with Gasteiger partial charge < -0.3 is 9.47 Å². The molecule has 0 radical (unpaired) electrons. The maximum atomic E-state index is 13.8. The molecule has 1 aliphatic rings. The second-order valence-corrected chi connectivity index (χ2v) is 6.70. The number of rotatable bonds is 5. The van der Waals surface area contributed by atoms with E-state index in [-0.39, 0.29) is 30.7 Å². The van der Waals surface area contributed by atoms with Crippen LogP contribution in [-0.4, -0.2) is 25.2 Å². The molecular formula is C23H19F2NO2. The van der Waals surface area contributed by atoms with Crippen LogP contribution in [0.15, 0.2) is 71.7 Å². The third kappa shape index (κ3) is 3.88. The molecule has 142 valence electrons. The predicted molar refractivity (Wildman–Crippen MR) is 105 cm³/mol. The first-order valence-electron chi connectivity index (χ1n) is 9.05. The molecule has 0 aromatic heterocycles. The zero-order chi connectivity index (χ0) is 19.5. The molecule has 1 heterocycles. The van der Waals surface area contributed by atoms with Crippen LogP contribution in [0.4, 0.5) is 8.78 Å². The van der Waals surface area contributed by atoms with Crippen molar-refractivity contribution in [1.29, 1.82) is 0 Å². The molecule has 0 amide bonds. The van der Waals surface area contributed by atoms with Gasteiger partial charge >= 0.3 is 0 Å². The minimum absolute atomic E-state index is 0.0149. The van der Waals surface area contributed by atoms with Crippen LogP contribution in [0, 0.1) is 18.6 Å². The highest BCUT2D eigenvalue weighted by atomic mass is 19.1. The lowest BCUT2D eigenvalue weighted by Crippen LogP contribution is -2.16. The summed E-state index contributed by atoms with van der Waals surface area (Å²) in [6.45, 7) is 2.55. The average Bonchev–Trinajstić information content (AvgIpc) is 3.16. The van der Waals surface area contributed by atoms with Crippen LogP contribution >= 0.6 is 0 Å². The zero-order valence-corrected chi connectivity index (χ0v) is 15.4. The first-order valence-corrected chi connectivity index (χ1v) is 9.05. The maximum Gasteiger partial charge on any atom is 0.222 e. The molecule has 28 heavy (non-hydrogen) atoms. The van der Waals surface area contributed by atoms with E-state index in [0.29, 0.717) is 5.75 Å². The molecule has 4 rings (SSSR count). The summed E-state index contributed by atoms with van der Waals surface area (Å²) in [4.78, 5) is 4.26. The highest BCUT2D eigenvalue weighted by Gasteiger charge is 2.25. The van der Waals surface area contributed by atoms with E-state index in [0.717, 1.165) is 11.1 Å². The van der Waals surface area contributed by atoms with E-state index in [1.54, 1.807) is 0 Å². The van der Waals surface area contributed by atoms with Crippen LogP contribution in [0.25, 0.3) is 11.1 Å². The summed E-state index contributed by atoms with van der Waals surface area (Å²) in [6, 6.07) is 19.5. The predicted octanol–water partition coefficient (Wildman–Crippen LogP) is 5.16. The number of ether oxygens (including phenoxy) is 2. The fourth-order valence-corrected chi connectivity index (χ4v) is 3.02. The Balaban J connectivity index is 1.40.